The van der Waals surface area contributed by atoms with E-state index in [0.717, 1.165) is 29.5 Å². The number of hydrogen-bond acceptors (Lipinski definition) is 2. The summed E-state index contributed by atoms with van der Waals surface area (Å²) in [7, 11) is 0. The van der Waals surface area contributed by atoms with E-state index in [1.165, 1.54) is 5.57 Å². The Balaban J connectivity index is 0.00000180. The van der Waals surface area contributed by atoms with Crippen LogP contribution in [-0.2, 0) is 0 Å². The maximum atomic E-state index is 12.0. The summed E-state index contributed by atoms with van der Waals surface area (Å²) >= 11 is 3.43. The highest BCUT2D eigenvalue weighted by atomic mass is 79.9. The Kier molecular flexibility index (Phi) is 6.55. The van der Waals surface area contributed by atoms with Crippen molar-refractivity contribution < 1.29 is 4.79 Å². The van der Waals surface area contributed by atoms with Gasteiger partial charge in [-0.15, -0.1) is 12.4 Å². The van der Waals surface area contributed by atoms with E-state index in [4.69, 9.17) is 0 Å². The summed E-state index contributed by atoms with van der Waals surface area (Å²) in [6, 6.07) is 5.76. The van der Waals surface area contributed by atoms with Crippen molar-refractivity contribution >= 4 is 34.2 Å². The highest BCUT2D eigenvalue weighted by Gasteiger charge is 2.10. The number of benzene rings is 1. The molecule has 0 saturated carbocycles. The molecule has 0 unspecified atom stereocenters. The molecule has 0 spiro atoms. The van der Waals surface area contributed by atoms with Crippen LogP contribution in [0.25, 0.3) is 0 Å². The highest BCUT2D eigenvalue weighted by Crippen LogP contribution is 2.18. The van der Waals surface area contributed by atoms with Crippen LogP contribution in [0, 0.1) is 6.92 Å². The van der Waals surface area contributed by atoms with Crippen LogP contribution >= 0.6 is 28.3 Å². The molecule has 0 atom stereocenters. The van der Waals surface area contributed by atoms with E-state index in [2.05, 4.69) is 32.6 Å². The van der Waals surface area contributed by atoms with E-state index in [9.17, 15) is 4.79 Å². The lowest BCUT2D eigenvalue weighted by Crippen LogP contribution is -2.29. The fourth-order valence-electron chi connectivity index (χ4n) is 1.92. The van der Waals surface area contributed by atoms with Gasteiger partial charge in [0.1, 0.15) is 0 Å². The van der Waals surface area contributed by atoms with Crippen molar-refractivity contribution in [3.8, 4) is 0 Å². The highest BCUT2D eigenvalue weighted by molar-refractivity contribution is 9.10. The summed E-state index contributed by atoms with van der Waals surface area (Å²) in [5.41, 5.74) is 3.12. The SMILES string of the molecule is Cc1ccc(C(=O)NCC2=CCNCC2)c(Br)c1.Cl. The number of nitrogens with one attached hydrogen (secondary N) is 2. The molecule has 104 valence electrons. The molecule has 2 N–H and O–H groups in total. The van der Waals surface area contributed by atoms with Crippen LogP contribution in [0.3, 0.4) is 0 Å². The number of amides is 1. The Labute approximate surface area is 128 Å². The Hall–Kier alpha value is -0.840. The van der Waals surface area contributed by atoms with E-state index in [0.29, 0.717) is 12.1 Å². The maximum Gasteiger partial charge on any atom is 0.252 e. The van der Waals surface area contributed by atoms with Gasteiger partial charge in [-0.25, -0.2) is 0 Å². The summed E-state index contributed by atoms with van der Waals surface area (Å²) in [5.74, 6) is -0.0266. The minimum atomic E-state index is -0.0266. The summed E-state index contributed by atoms with van der Waals surface area (Å²) < 4.78 is 0.847. The van der Waals surface area contributed by atoms with Gasteiger partial charge in [-0.2, -0.15) is 0 Å². The predicted molar refractivity (Wildman–Crippen MR) is 84.0 cm³/mol. The monoisotopic (exact) mass is 344 g/mol. The molecule has 19 heavy (non-hydrogen) atoms. The lowest BCUT2D eigenvalue weighted by Gasteiger charge is -2.15. The summed E-state index contributed by atoms with van der Waals surface area (Å²) in [6.07, 6.45) is 3.16. The minimum absolute atomic E-state index is 0. The molecule has 0 radical (unpaired) electrons. The van der Waals surface area contributed by atoms with E-state index < -0.39 is 0 Å². The first-order valence-corrected chi connectivity index (χ1v) is 6.89. The standard InChI is InChI=1S/C14H17BrN2O.ClH/c1-10-2-3-12(13(15)8-10)14(18)17-9-11-4-6-16-7-5-11;/h2-4,8,16H,5-7,9H2,1H3,(H,17,18);1H. The van der Waals surface area contributed by atoms with Crippen LogP contribution in [0.4, 0.5) is 0 Å². The maximum absolute atomic E-state index is 12.0. The third-order valence-electron chi connectivity index (χ3n) is 3.00. The van der Waals surface area contributed by atoms with E-state index in [1.54, 1.807) is 0 Å². The molecule has 5 heteroatoms. The molecule has 0 saturated heterocycles. The van der Waals surface area contributed by atoms with Gasteiger partial charge in [0.25, 0.3) is 5.91 Å². The molecular formula is C14H18BrClN2O. The zero-order valence-corrected chi connectivity index (χ0v) is 13.2. The van der Waals surface area contributed by atoms with Crippen LogP contribution in [0.2, 0.25) is 0 Å². The number of carbonyl (C=O) groups excluding carboxylic acids is 1. The molecule has 0 fully saturated rings. The smallest absolute Gasteiger partial charge is 0.252 e. The number of hydrogen-bond donors (Lipinski definition) is 2. The second-order valence-electron chi connectivity index (χ2n) is 4.48. The van der Waals surface area contributed by atoms with Crippen molar-refractivity contribution in [2.24, 2.45) is 0 Å². The molecular weight excluding hydrogens is 328 g/mol. The van der Waals surface area contributed by atoms with Gasteiger partial charge in [0.05, 0.1) is 5.56 Å². The minimum Gasteiger partial charge on any atom is -0.348 e. The number of aryl methyl sites for hydroxylation is 1. The van der Waals surface area contributed by atoms with Crippen molar-refractivity contribution in [3.05, 3.63) is 45.4 Å². The van der Waals surface area contributed by atoms with E-state index >= 15 is 0 Å². The van der Waals surface area contributed by atoms with Gasteiger partial charge < -0.3 is 10.6 Å². The second kappa shape index (κ2) is 7.68. The first kappa shape index (κ1) is 16.2. The molecule has 1 aliphatic rings. The average Bonchev–Trinajstić information content (AvgIpc) is 2.37. The van der Waals surface area contributed by atoms with Crippen LogP contribution in [0.5, 0.6) is 0 Å². The average molecular weight is 346 g/mol. The summed E-state index contributed by atoms with van der Waals surface area (Å²) in [6.45, 7) is 4.54. The molecule has 0 aromatic heterocycles. The zero-order chi connectivity index (χ0) is 13.0. The second-order valence-corrected chi connectivity index (χ2v) is 5.34. The normalized spacial score (nSPS) is 14.3. The molecule has 0 bridgehead atoms. The van der Waals surface area contributed by atoms with Crippen molar-refractivity contribution in [1.29, 1.82) is 0 Å². The fourth-order valence-corrected chi connectivity index (χ4v) is 2.60. The van der Waals surface area contributed by atoms with Crippen molar-refractivity contribution in [2.45, 2.75) is 13.3 Å². The van der Waals surface area contributed by atoms with Crippen molar-refractivity contribution in [3.63, 3.8) is 0 Å². The molecule has 0 aliphatic carbocycles. The van der Waals surface area contributed by atoms with Gasteiger partial charge in [0.2, 0.25) is 0 Å². The first-order valence-electron chi connectivity index (χ1n) is 6.10. The number of rotatable bonds is 3. The lowest BCUT2D eigenvalue weighted by atomic mass is 10.1. The summed E-state index contributed by atoms with van der Waals surface area (Å²) in [4.78, 5) is 12.0. The molecule has 1 aromatic rings. The first-order chi connectivity index (χ1) is 8.66. The predicted octanol–water partition coefficient (Wildman–Crippen LogP) is 2.83. The Bertz CT molecular complexity index is 488. The quantitative estimate of drug-likeness (QED) is 0.827. The van der Waals surface area contributed by atoms with Gasteiger partial charge in [-0.3, -0.25) is 4.79 Å². The molecule has 3 nitrogen and oxygen atoms in total. The molecule has 1 amide bonds. The molecule has 1 heterocycles. The summed E-state index contributed by atoms with van der Waals surface area (Å²) in [5, 5.41) is 6.22. The third-order valence-corrected chi connectivity index (χ3v) is 3.66. The van der Waals surface area contributed by atoms with Crippen LogP contribution < -0.4 is 10.6 Å². The Morgan fingerprint density at radius 2 is 2.26 bits per heavy atom. The van der Waals surface area contributed by atoms with Gasteiger partial charge in [0.15, 0.2) is 0 Å². The van der Waals surface area contributed by atoms with Crippen LogP contribution in [0.15, 0.2) is 34.3 Å². The fraction of sp³-hybridized carbons (Fsp3) is 0.357. The van der Waals surface area contributed by atoms with Gasteiger partial charge in [0, 0.05) is 17.6 Å². The van der Waals surface area contributed by atoms with Crippen molar-refractivity contribution in [2.75, 3.05) is 19.6 Å². The van der Waals surface area contributed by atoms with Gasteiger partial charge in [-0.05, 0) is 53.5 Å². The van der Waals surface area contributed by atoms with E-state index in [1.807, 2.05) is 25.1 Å². The largest absolute Gasteiger partial charge is 0.348 e. The molecule has 2 rings (SSSR count). The molecule has 1 aliphatic heterocycles. The zero-order valence-electron chi connectivity index (χ0n) is 10.8. The van der Waals surface area contributed by atoms with Gasteiger partial charge >= 0.3 is 0 Å². The topological polar surface area (TPSA) is 41.1 Å². The Morgan fingerprint density at radius 3 is 2.89 bits per heavy atom. The van der Waals surface area contributed by atoms with Gasteiger partial charge in [-0.1, -0.05) is 17.7 Å². The number of halogens is 2. The van der Waals surface area contributed by atoms with Crippen LogP contribution in [0.1, 0.15) is 22.3 Å². The van der Waals surface area contributed by atoms with Crippen LogP contribution in [-0.4, -0.2) is 25.5 Å². The van der Waals surface area contributed by atoms with Crippen molar-refractivity contribution in [1.82, 2.24) is 10.6 Å². The lowest BCUT2D eigenvalue weighted by molar-refractivity contribution is 0.0956. The number of carbonyl (C=O) groups is 1. The van der Waals surface area contributed by atoms with E-state index in [-0.39, 0.29) is 18.3 Å². The third kappa shape index (κ3) is 4.64. The molecule has 1 aromatic carbocycles. The Morgan fingerprint density at radius 1 is 1.47 bits per heavy atom.